The molecule has 2 heterocycles. The number of fused-ring (bicyclic) bond motifs is 1. The Bertz CT molecular complexity index is 1100. The molecular formula is C19H14ClN3O3. The van der Waals surface area contributed by atoms with E-state index < -0.39 is 0 Å². The minimum atomic E-state index is -0.268. The van der Waals surface area contributed by atoms with Crippen molar-refractivity contribution in [3.8, 4) is 11.3 Å². The lowest BCUT2D eigenvalue weighted by Gasteiger charge is -1.99. The smallest absolute Gasteiger partial charge is 0.232 e. The molecule has 0 saturated carbocycles. The van der Waals surface area contributed by atoms with Crippen LogP contribution in [-0.2, 0) is 11.2 Å². The lowest BCUT2D eigenvalue weighted by molar-refractivity contribution is -0.115. The van der Waals surface area contributed by atoms with Gasteiger partial charge in [-0.15, -0.1) is 0 Å². The number of carbonyl (C=O) groups excluding carboxylic acids is 1. The quantitative estimate of drug-likeness (QED) is 0.569. The second-order valence-electron chi connectivity index (χ2n) is 5.94. The molecule has 0 aliphatic carbocycles. The van der Waals surface area contributed by atoms with Crippen molar-refractivity contribution in [3.05, 3.63) is 64.8 Å². The van der Waals surface area contributed by atoms with Crippen LogP contribution >= 0.6 is 11.6 Å². The summed E-state index contributed by atoms with van der Waals surface area (Å²) < 4.78 is 10.4. The van der Waals surface area contributed by atoms with Crippen LogP contribution < -0.4 is 5.32 Å². The van der Waals surface area contributed by atoms with Gasteiger partial charge in [0.2, 0.25) is 11.8 Å². The first-order valence-corrected chi connectivity index (χ1v) is 8.34. The minimum absolute atomic E-state index is 0.0731. The van der Waals surface area contributed by atoms with Crippen LogP contribution in [-0.4, -0.2) is 16.2 Å². The van der Waals surface area contributed by atoms with Gasteiger partial charge in [-0.2, -0.15) is 0 Å². The number of anilines is 1. The summed E-state index contributed by atoms with van der Waals surface area (Å²) in [7, 11) is 0. The van der Waals surface area contributed by atoms with Crippen molar-refractivity contribution in [2.75, 3.05) is 5.32 Å². The second-order valence-corrected chi connectivity index (χ2v) is 6.38. The molecule has 0 fully saturated rings. The first-order valence-electron chi connectivity index (χ1n) is 7.96. The Hall–Kier alpha value is -3.12. The topological polar surface area (TPSA) is 81.2 Å². The van der Waals surface area contributed by atoms with Crippen LogP contribution in [0.5, 0.6) is 0 Å². The number of nitrogens with zero attached hydrogens (tertiary/aromatic N) is 2. The standard InChI is InChI=1S/C19H14ClN3O3/c1-11-5-6-17-14(7-11)16(23-25-17)9-18(24)21-19-10-15(22-26-19)12-3-2-4-13(20)8-12/h2-8,10H,9H2,1H3,(H,21,24). The van der Waals surface area contributed by atoms with Gasteiger partial charge in [0.1, 0.15) is 11.4 Å². The summed E-state index contributed by atoms with van der Waals surface area (Å²) in [6.45, 7) is 1.97. The lowest BCUT2D eigenvalue weighted by atomic mass is 10.1. The van der Waals surface area contributed by atoms with Crippen molar-refractivity contribution in [3.63, 3.8) is 0 Å². The van der Waals surface area contributed by atoms with Crippen LogP contribution in [0.15, 0.2) is 57.6 Å². The zero-order valence-electron chi connectivity index (χ0n) is 13.8. The zero-order valence-corrected chi connectivity index (χ0v) is 14.6. The molecule has 0 atom stereocenters. The van der Waals surface area contributed by atoms with Crippen LogP contribution in [0.25, 0.3) is 22.2 Å². The van der Waals surface area contributed by atoms with Gasteiger partial charge in [0.25, 0.3) is 0 Å². The fourth-order valence-corrected chi connectivity index (χ4v) is 2.87. The van der Waals surface area contributed by atoms with Crippen molar-refractivity contribution < 1.29 is 13.8 Å². The lowest BCUT2D eigenvalue weighted by Crippen LogP contribution is -2.14. The first-order chi connectivity index (χ1) is 12.6. The molecule has 1 amide bonds. The number of nitrogens with one attached hydrogen (secondary N) is 1. The molecule has 0 radical (unpaired) electrons. The molecule has 4 aromatic rings. The predicted octanol–water partition coefficient (Wildman–Crippen LogP) is 4.63. The van der Waals surface area contributed by atoms with E-state index in [0.717, 1.165) is 16.5 Å². The number of aryl methyl sites for hydroxylation is 1. The molecule has 7 heteroatoms. The summed E-state index contributed by atoms with van der Waals surface area (Å²) in [6, 6.07) is 14.6. The summed E-state index contributed by atoms with van der Waals surface area (Å²) in [4.78, 5) is 12.3. The SMILES string of the molecule is Cc1ccc2onc(CC(=O)Nc3cc(-c4cccc(Cl)c4)no3)c2c1. The molecule has 0 aliphatic rings. The van der Waals surface area contributed by atoms with Gasteiger partial charge in [0, 0.05) is 22.0 Å². The van der Waals surface area contributed by atoms with Gasteiger partial charge in [-0.05, 0) is 31.2 Å². The maximum absolute atomic E-state index is 12.3. The monoisotopic (exact) mass is 367 g/mol. The van der Waals surface area contributed by atoms with E-state index in [1.165, 1.54) is 0 Å². The Morgan fingerprint density at radius 1 is 1.12 bits per heavy atom. The summed E-state index contributed by atoms with van der Waals surface area (Å²) in [5.74, 6) is -0.00976. The summed E-state index contributed by atoms with van der Waals surface area (Å²) in [5, 5.41) is 12.1. The van der Waals surface area contributed by atoms with E-state index >= 15 is 0 Å². The molecule has 0 bridgehead atoms. The summed E-state index contributed by atoms with van der Waals surface area (Å²) in [5.41, 5.74) is 3.70. The number of aromatic nitrogens is 2. The van der Waals surface area contributed by atoms with Gasteiger partial charge in [-0.3, -0.25) is 10.1 Å². The molecular weight excluding hydrogens is 354 g/mol. The average Bonchev–Trinajstić information content (AvgIpc) is 3.22. The minimum Gasteiger partial charge on any atom is -0.356 e. The predicted molar refractivity (Wildman–Crippen MR) is 98.0 cm³/mol. The third kappa shape index (κ3) is 3.32. The second kappa shape index (κ2) is 6.65. The number of carbonyl (C=O) groups is 1. The highest BCUT2D eigenvalue weighted by Crippen LogP contribution is 2.25. The van der Waals surface area contributed by atoms with Gasteiger partial charge in [-0.1, -0.05) is 45.7 Å². The molecule has 1 N–H and O–H groups in total. The molecule has 4 rings (SSSR count). The number of rotatable bonds is 4. The van der Waals surface area contributed by atoms with Crippen LogP contribution in [0.3, 0.4) is 0 Å². The summed E-state index contributed by atoms with van der Waals surface area (Å²) >= 11 is 5.98. The highest BCUT2D eigenvalue weighted by Gasteiger charge is 2.15. The maximum atomic E-state index is 12.3. The number of halogens is 1. The number of benzene rings is 2. The van der Waals surface area contributed by atoms with Gasteiger partial charge in [0.15, 0.2) is 5.58 Å². The van der Waals surface area contributed by atoms with Gasteiger partial charge in [-0.25, -0.2) is 0 Å². The molecule has 2 aromatic carbocycles. The Labute approximate surface area is 153 Å². The Balaban J connectivity index is 1.49. The largest absolute Gasteiger partial charge is 0.356 e. The van der Waals surface area contributed by atoms with Gasteiger partial charge < -0.3 is 9.05 Å². The average molecular weight is 368 g/mol. The van der Waals surface area contributed by atoms with Crippen molar-refractivity contribution in [2.24, 2.45) is 0 Å². The van der Waals surface area contributed by atoms with E-state index in [1.807, 2.05) is 37.3 Å². The van der Waals surface area contributed by atoms with E-state index in [9.17, 15) is 4.79 Å². The highest BCUT2D eigenvalue weighted by atomic mass is 35.5. The molecule has 130 valence electrons. The molecule has 0 spiro atoms. The number of hydrogen-bond donors (Lipinski definition) is 1. The Morgan fingerprint density at radius 3 is 2.85 bits per heavy atom. The Morgan fingerprint density at radius 2 is 2.00 bits per heavy atom. The van der Waals surface area contributed by atoms with Crippen LogP contribution in [0.1, 0.15) is 11.3 Å². The van der Waals surface area contributed by atoms with Crippen LogP contribution in [0.4, 0.5) is 5.88 Å². The zero-order chi connectivity index (χ0) is 18.1. The highest BCUT2D eigenvalue weighted by molar-refractivity contribution is 6.30. The van der Waals surface area contributed by atoms with Crippen LogP contribution in [0.2, 0.25) is 5.02 Å². The fraction of sp³-hybridized carbons (Fsp3) is 0.105. The van der Waals surface area contributed by atoms with Crippen molar-refractivity contribution >= 4 is 34.4 Å². The number of hydrogen-bond acceptors (Lipinski definition) is 5. The van der Waals surface area contributed by atoms with Gasteiger partial charge in [0.05, 0.1) is 6.42 Å². The van der Waals surface area contributed by atoms with E-state index in [0.29, 0.717) is 22.0 Å². The van der Waals surface area contributed by atoms with E-state index in [-0.39, 0.29) is 18.2 Å². The molecule has 26 heavy (non-hydrogen) atoms. The van der Waals surface area contributed by atoms with E-state index in [4.69, 9.17) is 20.6 Å². The molecule has 0 aliphatic heterocycles. The normalized spacial score (nSPS) is 11.0. The molecule has 0 saturated heterocycles. The van der Waals surface area contributed by atoms with Crippen molar-refractivity contribution in [1.82, 2.24) is 10.3 Å². The third-order valence-corrected chi connectivity index (χ3v) is 4.16. The summed E-state index contributed by atoms with van der Waals surface area (Å²) in [6.07, 6.45) is 0.0731. The number of amides is 1. The van der Waals surface area contributed by atoms with E-state index in [1.54, 1.807) is 18.2 Å². The van der Waals surface area contributed by atoms with Crippen molar-refractivity contribution in [1.29, 1.82) is 0 Å². The third-order valence-electron chi connectivity index (χ3n) is 3.92. The fourth-order valence-electron chi connectivity index (χ4n) is 2.68. The van der Waals surface area contributed by atoms with E-state index in [2.05, 4.69) is 15.6 Å². The molecule has 2 aromatic heterocycles. The van der Waals surface area contributed by atoms with Crippen LogP contribution in [0, 0.1) is 6.92 Å². The molecule has 0 unspecified atom stereocenters. The van der Waals surface area contributed by atoms with Crippen molar-refractivity contribution in [2.45, 2.75) is 13.3 Å². The Kier molecular flexibility index (Phi) is 4.18. The molecule has 6 nitrogen and oxygen atoms in total. The first kappa shape index (κ1) is 16.4. The maximum Gasteiger partial charge on any atom is 0.232 e. The van der Waals surface area contributed by atoms with Gasteiger partial charge >= 0.3 is 0 Å².